The summed E-state index contributed by atoms with van der Waals surface area (Å²) in [4.78, 5) is 24.1. The van der Waals surface area contributed by atoms with Gasteiger partial charge in [0.1, 0.15) is 6.04 Å². The van der Waals surface area contributed by atoms with E-state index in [-0.39, 0.29) is 11.8 Å². The van der Waals surface area contributed by atoms with E-state index in [0.717, 1.165) is 19.3 Å². The number of carbonyl (C=O) groups excluding carboxylic acids is 1. The summed E-state index contributed by atoms with van der Waals surface area (Å²) in [5, 5.41) is 9.15. The van der Waals surface area contributed by atoms with Gasteiger partial charge in [0.2, 0.25) is 5.91 Å². The molecule has 0 bridgehead atoms. The smallest absolute Gasteiger partial charge is 0.326 e. The lowest BCUT2D eigenvalue weighted by molar-refractivity contribution is -0.148. The van der Waals surface area contributed by atoms with E-state index in [1.54, 1.807) is 0 Å². The van der Waals surface area contributed by atoms with Crippen LogP contribution in [0.15, 0.2) is 12.7 Å². The van der Waals surface area contributed by atoms with Crippen LogP contribution < -0.4 is 0 Å². The number of carboxylic acids is 1. The lowest BCUT2D eigenvalue weighted by atomic mass is 9.95. The molecule has 2 aliphatic rings. The van der Waals surface area contributed by atoms with E-state index < -0.39 is 12.0 Å². The molecule has 15 heavy (non-hydrogen) atoms. The fourth-order valence-electron chi connectivity index (χ4n) is 2.52. The first-order valence-corrected chi connectivity index (χ1v) is 5.31. The van der Waals surface area contributed by atoms with E-state index >= 15 is 0 Å². The Balaban J connectivity index is 2.15. The molecule has 1 saturated heterocycles. The van der Waals surface area contributed by atoms with Gasteiger partial charge in [0, 0.05) is 6.54 Å². The number of amides is 1. The molecular weight excluding hydrogens is 194 g/mol. The van der Waals surface area contributed by atoms with Gasteiger partial charge in [-0.15, -0.1) is 0 Å². The van der Waals surface area contributed by atoms with E-state index in [2.05, 4.69) is 6.58 Å². The lowest BCUT2D eigenvalue weighted by Gasteiger charge is -2.23. The zero-order valence-electron chi connectivity index (χ0n) is 8.56. The van der Waals surface area contributed by atoms with Gasteiger partial charge < -0.3 is 10.0 Å². The van der Waals surface area contributed by atoms with E-state index in [4.69, 9.17) is 5.11 Å². The second-order valence-corrected chi connectivity index (χ2v) is 4.31. The molecule has 1 N–H and O–H groups in total. The normalized spacial score (nSPS) is 30.3. The van der Waals surface area contributed by atoms with Crippen molar-refractivity contribution in [1.29, 1.82) is 0 Å². The van der Waals surface area contributed by atoms with Crippen LogP contribution in [0.4, 0.5) is 0 Å². The average molecular weight is 209 g/mol. The second-order valence-electron chi connectivity index (χ2n) is 4.31. The lowest BCUT2D eigenvalue weighted by Crippen LogP contribution is -2.43. The third kappa shape index (κ3) is 1.76. The molecule has 0 radical (unpaired) electrons. The maximum atomic E-state index is 11.5. The van der Waals surface area contributed by atoms with Gasteiger partial charge in [-0.05, 0) is 37.2 Å². The topological polar surface area (TPSA) is 57.6 Å². The molecule has 1 saturated carbocycles. The van der Waals surface area contributed by atoms with Crippen molar-refractivity contribution in [3.63, 3.8) is 0 Å². The molecule has 0 aromatic rings. The molecule has 2 atom stereocenters. The molecule has 2 unspecified atom stereocenters. The van der Waals surface area contributed by atoms with Crippen molar-refractivity contribution in [1.82, 2.24) is 4.90 Å². The van der Waals surface area contributed by atoms with Crippen LogP contribution in [0.3, 0.4) is 0 Å². The van der Waals surface area contributed by atoms with Crippen molar-refractivity contribution in [3.05, 3.63) is 12.7 Å². The van der Waals surface area contributed by atoms with Crippen molar-refractivity contribution in [2.45, 2.75) is 25.3 Å². The van der Waals surface area contributed by atoms with E-state index in [9.17, 15) is 9.59 Å². The molecular formula is C11H15NO3. The first kappa shape index (κ1) is 10.2. The number of nitrogens with zero attached hydrogens (tertiary/aromatic N) is 1. The highest BCUT2D eigenvalue weighted by molar-refractivity contribution is 5.91. The van der Waals surface area contributed by atoms with Crippen LogP contribution in [0, 0.1) is 11.8 Å². The van der Waals surface area contributed by atoms with Gasteiger partial charge in [-0.1, -0.05) is 6.58 Å². The fraction of sp³-hybridized carbons (Fsp3) is 0.636. The summed E-state index contributed by atoms with van der Waals surface area (Å²) in [6.45, 7) is 3.96. The van der Waals surface area contributed by atoms with Gasteiger partial charge in [0.05, 0.1) is 0 Å². The Bertz CT molecular complexity index is 309. The Hall–Kier alpha value is -1.32. The molecule has 1 amide bonds. The highest BCUT2D eigenvalue weighted by Crippen LogP contribution is 2.44. The molecule has 82 valence electrons. The van der Waals surface area contributed by atoms with Gasteiger partial charge in [-0.25, -0.2) is 4.79 Å². The molecule has 0 aromatic heterocycles. The fourth-order valence-corrected chi connectivity index (χ4v) is 2.52. The van der Waals surface area contributed by atoms with Crippen LogP contribution in [0.2, 0.25) is 0 Å². The monoisotopic (exact) mass is 209 g/mol. The molecule has 2 fully saturated rings. The van der Waals surface area contributed by atoms with Crippen molar-refractivity contribution in [2.75, 3.05) is 6.54 Å². The van der Waals surface area contributed by atoms with Crippen LogP contribution in [0.5, 0.6) is 0 Å². The molecule has 0 spiro atoms. The quantitative estimate of drug-likeness (QED) is 0.702. The first-order chi connectivity index (χ1) is 7.15. The Morgan fingerprint density at radius 3 is 2.47 bits per heavy atom. The van der Waals surface area contributed by atoms with Crippen molar-refractivity contribution in [3.8, 4) is 0 Å². The summed E-state index contributed by atoms with van der Waals surface area (Å²) >= 11 is 0. The van der Waals surface area contributed by atoms with Crippen LogP contribution in [0.1, 0.15) is 19.3 Å². The van der Waals surface area contributed by atoms with Crippen molar-refractivity contribution < 1.29 is 14.7 Å². The van der Waals surface area contributed by atoms with Gasteiger partial charge in [0.25, 0.3) is 0 Å². The summed E-state index contributed by atoms with van der Waals surface area (Å²) in [5.41, 5.74) is 0. The van der Waals surface area contributed by atoms with Gasteiger partial charge in [-0.2, -0.15) is 0 Å². The Morgan fingerprint density at radius 1 is 1.33 bits per heavy atom. The van der Waals surface area contributed by atoms with Crippen molar-refractivity contribution >= 4 is 11.9 Å². The summed E-state index contributed by atoms with van der Waals surface area (Å²) in [6.07, 6.45) is 4.25. The summed E-state index contributed by atoms with van der Waals surface area (Å²) in [7, 11) is 0. The van der Waals surface area contributed by atoms with Gasteiger partial charge >= 0.3 is 5.97 Å². The highest BCUT2D eigenvalue weighted by Gasteiger charge is 2.47. The predicted molar refractivity (Wildman–Crippen MR) is 54.2 cm³/mol. The Morgan fingerprint density at radius 2 is 2.00 bits per heavy atom. The number of aliphatic carboxylic acids is 1. The van der Waals surface area contributed by atoms with E-state index in [1.807, 2.05) is 0 Å². The zero-order chi connectivity index (χ0) is 11.0. The maximum Gasteiger partial charge on any atom is 0.326 e. The third-order valence-electron chi connectivity index (χ3n) is 3.38. The second kappa shape index (κ2) is 3.68. The molecule has 1 aliphatic heterocycles. The molecule has 4 nitrogen and oxygen atoms in total. The van der Waals surface area contributed by atoms with Crippen LogP contribution in [-0.2, 0) is 9.59 Å². The minimum atomic E-state index is -0.875. The molecule has 1 aliphatic carbocycles. The van der Waals surface area contributed by atoms with Crippen LogP contribution in [-0.4, -0.2) is 34.5 Å². The van der Waals surface area contributed by atoms with E-state index in [1.165, 1.54) is 11.0 Å². The first-order valence-electron chi connectivity index (χ1n) is 5.31. The summed E-state index contributed by atoms with van der Waals surface area (Å²) in [6, 6.07) is -0.622. The van der Waals surface area contributed by atoms with Crippen LogP contribution in [0.25, 0.3) is 0 Å². The van der Waals surface area contributed by atoms with Crippen molar-refractivity contribution in [2.24, 2.45) is 11.8 Å². The van der Waals surface area contributed by atoms with Gasteiger partial charge in [0.15, 0.2) is 0 Å². The van der Waals surface area contributed by atoms with Gasteiger partial charge in [-0.3, -0.25) is 4.79 Å². The average Bonchev–Trinajstić information content (AvgIpc) is 2.95. The summed E-state index contributed by atoms with van der Waals surface area (Å²) in [5.74, 6) is -0.453. The minimum absolute atomic E-state index is 0.159. The molecule has 4 heteroatoms. The zero-order valence-corrected chi connectivity index (χ0v) is 8.56. The Labute approximate surface area is 88.6 Å². The number of hydrogen-bond acceptors (Lipinski definition) is 2. The summed E-state index contributed by atoms with van der Waals surface area (Å²) < 4.78 is 0. The molecule has 0 aromatic carbocycles. The number of carboxylic acid groups (broad SMARTS) is 1. The standard InChI is InChI=1S/C11H15NO3/c1-2-9(13)12-6-5-8(7-3-4-7)10(12)11(14)15/h2,7-8,10H,1,3-6H2,(H,14,15). The molecule has 2 rings (SSSR count). The van der Waals surface area contributed by atoms with Crippen LogP contribution >= 0.6 is 0 Å². The number of likely N-dealkylation sites (tertiary alicyclic amines) is 1. The molecule has 1 heterocycles. The highest BCUT2D eigenvalue weighted by atomic mass is 16.4. The Kier molecular flexibility index (Phi) is 2.50. The third-order valence-corrected chi connectivity index (χ3v) is 3.38. The predicted octanol–water partition coefficient (Wildman–Crippen LogP) is 0.884. The minimum Gasteiger partial charge on any atom is -0.480 e. The number of carbonyl (C=O) groups is 2. The number of rotatable bonds is 3. The SMILES string of the molecule is C=CC(=O)N1CCC(C2CC2)C1C(=O)O. The maximum absolute atomic E-state index is 11.5. The largest absolute Gasteiger partial charge is 0.480 e. The van der Waals surface area contributed by atoms with E-state index in [0.29, 0.717) is 12.5 Å². The number of hydrogen-bond donors (Lipinski definition) is 1.